The topological polar surface area (TPSA) is 12.9 Å². The number of hydrogen-bond donors (Lipinski definition) is 0. The summed E-state index contributed by atoms with van der Waals surface area (Å²) in [5.41, 5.74) is 0.704. The monoisotopic (exact) mass is 273 g/mol. The second kappa shape index (κ2) is 2.97. The van der Waals surface area contributed by atoms with Gasteiger partial charge < -0.3 is 0 Å². The molecule has 60 valence electrons. The van der Waals surface area contributed by atoms with Crippen LogP contribution in [0.2, 0.25) is 0 Å². The minimum Gasteiger partial charge on any atom is -0.220 e. The van der Waals surface area contributed by atoms with E-state index in [9.17, 15) is 4.39 Å². The molecule has 3 heteroatoms. The Kier molecular flexibility index (Phi) is 1.96. The second-order valence-electron chi connectivity index (χ2n) is 2.47. The molecule has 1 aromatic carbocycles. The fourth-order valence-corrected chi connectivity index (χ4v) is 1.59. The van der Waals surface area contributed by atoms with Gasteiger partial charge >= 0.3 is 0 Å². The average molecular weight is 273 g/mol. The Morgan fingerprint density at radius 1 is 1.17 bits per heavy atom. The molecule has 0 aliphatic heterocycles. The molecule has 0 fully saturated rings. The van der Waals surface area contributed by atoms with Crippen LogP contribution in [0.1, 0.15) is 0 Å². The first-order chi connectivity index (χ1) is 5.75. The van der Waals surface area contributed by atoms with Crippen molar-refractivity contribution in [2.24, 2.45) is 0 Å². The van der Waals surface area contributed by atoms with Gasteiger partial charge in [-0.25, -0.2) is 4.98 Å². The summed E-state index contributed by atoms with van der Waals surface area (Å²) in [6, 6.07) is 8.82. The molecule has 0 unspecified atom stereocenters. The zero-order valence-electron chi connectivity index (χ0n) is 6.09. The van der Waals surface area contributed by atoms with Gasteiger partial charge in [-0.05, 0) is 52.9 Å². The summed E-state index contributed by atoms with van der Waals surface area (Å²) in [4.78, 5) is 3.75. The lowest BCUT2D eigenvalue weighted by Crippen LogP contribution is -1.83. The molecule has 12 heavy (non-hydrogen) atoms. The summed E-state index contributed by atoms with van der Waals surface area (Å²) in [5.74, 6) is -0.427. The van der Waals surface area contributed by atoms with Gasteiger partial charge in [-0.1, -0.05) is 0 Å². The number of fused-ring (bicyclic) bond motifs is 1. The maximum absolute atomic E-state index is 12.6. The standard InChI is InChI=1S/C9H5FIN/c10-9-4-1-6-5-7(11)2-3-8(6)12-9/h1-5H. The van der Waals surface area contributed by atoms with Crippen molar-refractivity contribution in [1.82, 2.24) is 4.98 Å². The molecule has 0 radical (unpaired) electrons. The van der Waals surface area contributed by atoms with Crippen LogP contribution in [0.25, 0.3) is 10.9 Å². The van der Waals surface area contributed by atoms with Gasteiger partial charge in [-0.2, -0.15) is 4.39 Å². The van der Waals surface area contributed by atoms with Gasteiger partial charge in [-0.3, -0.25) is 0 Å². The summed E-state index contributed by atoms with van der Waals surface area (Å²) in [6.07, 6.45) is 0. The maximum Gasteiger partial charge on any atom is 0.213 e. The quantitative estimate of drug-likeness (QED) is 0.531. The highest BCUT2D eigenvalue weighted by Crippen LogP contribution is 2.15. The van der Waals surface area contributed by atoms with E-state index in [4.69, 9.17) is 0 Å². The Balaban J connectivity index is 2.79. The van der Waals surface area contributed by atoms with Crippen LogP contribution < -0.4 is 0 Å². The Labute approximate surface area is 82.8 Å². The third-order valence-electron chi connectivity index (χ3n) is 1.62. The number of pyridine rings is 1. The van der Waals surface area contributed by atoms with Gasteiger partial charge in [0.05, 0.1) is 5.52 Å². The van der Waals surface area contributed by atoms with Crippen molar-refractivity contribution in [2.75, 3.05) is 0 Å². The van der Waals surface area contributed by atoms with Gasteiger partial charge in [0.25, 0.3) is 0 Å². The van der Waals surface area contributed by atoms with Crippen LogP contribution in [0.5, 0.6) is 0 Å². The fraction of sp³-hybridized carbons (Fsp3) is 0. The molecule has 2 aromatic rings. The lowest BCUT2D eigenvalue weighted by molar-refractivity contribution is 0.589. The van der Waals surface area contributed by atoms with E-state index in [0.29, 0.717) is 5.52 Å². The molecule has 2 rings (SSSR count). The van der Waals surface area contributed by atoms with E-state index in [2.05, 4.69) is 27.6 Å². The lowest BCUT2D eigenvalue weighted by Gasteiger charge is -1.96. The fourth-order valence-electron chi connectivity index (χ4n) is 1.07. The first-order valence-corrected chi connectivity index (χ1v) is 4.55. The van der Waals surface area contributed by atoms with E-state index >= 15 is 0 Å². The molecule has 0 bridgehead atoms. The van der Waals surface area contributed by atoms with Gasteiger partial charge in [0, 0.05) is 8.96 Å². The Morgan fingerprint density at radius 2 is 2.00 bits per heavy atom. The molecule has 0 aliphatic rings. The SMILES string of the molecule is Fc1ccc2cc(I)ccc2n1. The van der Waals surface area contributed by atoms with Crippen LogP contribution in [0, 0.1) is 9.52 Å². The van der Waals surface area contributed by atoms with Crippen molar-refractivity contribution in [3.8, 4) is 0 Å². The van der Waals surface area contributed by atoms with Crippen molar-refractivity contribution >= 4 is 33.5 Å². The normalized spacial score (nSPS) is 10.5. The Morgan fingerprint density at radius 3 is 2.83 bits per heavy atom. The predicted octanol–water partition coefficient (Wildman–Crippen LogP) is 2.98. The van der Waals surface area contributed by atoms with E-state index in [-0.39, 0.29) is 0 Å². The lowest BCUT2D eigenvalue weighted by atomic mass is 10.2. The van der Waals surface area contributed by atoms with Crippen LogP contribution in [0.3, 0.4) is 0 Å². The highest BCUT2D eigenvalue weighted by molar-refractivity contribution is 14.1. The maximum atomic E-state index is 12.6. The Bertz CT molecular complexity index is 387. The smallest absolute Gasteiger partial charge is 0.213 e. The van der Waals surface area contributed by atoms with Crippen molar-refractivity contribution in [2.45, 2.75) is 0 Å². The zero-order chi connectivity index (χ0) is 8.55. The second-order valence-corrected chi connectivity index (χ2v) is 3.72. The average Bonchev–Trinajstić information content (AvgIpc) is 2.05. The van der Waals surface area contributed by atoms with Gasteiger partial charge in [0.1, 0.15) is 0 Å². The highest BCUT2D eigenvalue weighted by Gasteiger charge is 1.96. The van der Waals surface area contributed by atoms with E-state index < -0.39 is 5.95 Å². The first-order valence-electron chi connectivity index (χ1n) is 3.47. The molecule has 0 spiro atoms. The molecular formula is C9H5FIN. The van der Waals surface area contributed by atoms with Gasteiger partial charge in [0.2, 0.25) is 5.95 Å². The zero-order valence-corrected chi connectivity index (χ0v) is 8.25. The summed E-state index contributed by atoms with van der Waals surface area (Å²) < 4.78 is 13.8. The van der Waals surface area contributed by atoms with Crippen LogP contribution in [0.15, 0.2) is 30.3 Å². The molecule has 0 N–H and O–H groups in total. The van der Waals surface area contributed by atoms with Gasteiger partial charge in [0.15, 0.2) is 0 Å². The molecule has 0 aliphatic carbocycles. The molecule has 0 amide bonds. The van der Waals surface area contributed by atoms with Crippen molar-refractivity contribution in [3.05, 3.63) is 39.8 Å². The van der Waals surface area contributed by atoms with E-state index in [1.165, 1.54) is 6.07 Å². The molecule has 1 aromatic heterocycles. The molecule has 0 atom stereocenters. The molecule has 0 saturated carbocycles. The first kappa shape index (κ1) is 7.91. The van der Waals surface area contributed by atoms with Gasteiger partial charge in [-0.15, -0.1) is 0 Å². The number of hydrogen-bond acceptors (Lipinski definition) is 1. The van der Waals surface area contributed by atoms with Crippen molar-refractivity contribution in [3.63, 3.8) is 0 Å². The number of halogens is 2. The summed E-state index contributed by atoms with van der Waals surface area (Å²) in [5, 5.41) is 0.975. The van der Waals surface area contributed by atoms with Crippen molar-refractivity contribution in [1.29, 1.82) is 0 Å². The van der Waals surface area contributed by atoms with E-state index in [1.54, 1.807) is 6.07 Å². The molecule has 1 heterocycles. The largest absolute Gasteiger partial charge is 0.220 e. The summed E-state index contributed by atoms with van der Waals surface area (Å²) in [7, 11) is 0. The third kappa shape index (κ3) is 1.41. The van der Waals surface area contributed by atoms with Crippen LogP contribution in [-0.2, 0) is 0 Å². The number of aromatic nitrogens is 1. The molecule has 0 saturated heterocycles. The highest BCUT2D eigenvalue weighted by atomic mass is 127. The number of nitrogens with zero attached hydrogens (tertiary/aromatic N) is 1. The van der Waals surface area contributed by atoms with Crippen LogP contribution >= 0.6 is 22.6 Å². The minimum atomic E-state index is -0.427. The number of rotatable bonds is 0. The Hall–Kier alpha value is -0.710. The van der Waals surface area contributed by atoms with E-state index in [1.807, 2.05) is 18.2 Å². The third-order valence-corrected chi connectivity index (χ3v) is 2.29. The van der Waals surface area contributed by atoms with E-state index in [0.717, 1.165) is 8.96 Å². The molecular weight excluding hydrogens is 268 g/mol. The predicted molar refractivity (Wildman–Crippen MR) is 54.4 cm³/mol. The summed E-state index contributed by atoms with van der Waals surface area (Å²) >= 11 is 2.22. The molecule has 1 nitrogen and oxygen atoms in total. The van der Waals surface area contributed by atoms with Crippen LogP contribution in [0.4, 0.5) is 4.39 Å². The minimum absolute atomic E-state index is 0.427. The van der Waals surface area contributed by atoms with Crippen molar-refractivity contribution < 1.29 is 4.39 Å². The van der Waals surface area contributed by atoms with Crippen LogP contribution in [-0.4, -0.2) is 4.98 Å². The summed E-state index contributed by atoms with van der Waals surface area (Å²) in [6.45, 7) is 0. The number of benzene rings is 1.